The number of ether oxygens (including phenoxy) is 1. The molecule has 2 aromatic rings. The Morgan fingerprint density at radius 1 is 1.04 bits per heavy atom. The van der Waals surface area contributed by atoms with E-state index in [0.717, 1.165) is 0 Å². The standard InChI is InChI=1S/C17H13Cl2FN2O3/c18-14-2-1-3-15(19)13(14)8-9-16(23)21-22-17(24)10-25-12-6-4-11(20)5-7-12/h1-9H,10H2,(H,21,23)(H,22,24)/b9-8+. The van der Waals surface area contributed by atoms with E-state index >= 15 is 0 Å². The van der Waals surface area contributed by atoms with Crippen molar-refractivity contribution >= 4 is 41.1 Å². The highest BCUT2D eigenvalue weighted by Crippen LogP contribution is 2.25. The Morgan fingerprint density at radius 2 is 1.68 bits per heavy atom. The Kier molecular flexibility index (Phi) is 6.80. The summed E-state index contributed by atoms with van der Waals surface area (Å²) in [5.74, 6) is -1.24. The number of hydrazine groups is 1. The molecule has 2 rings (SSSR count). The molecular formula is C17H13Cl2FN2O3. The number of amides is 2. The van der Waals surface area contributed by atoms with E-state index in [1.54, 1.807) is 18.2 Å². The molecule has 0 spiro atoms. The largest absolute Gasteiger partial charge is 0.484 e. The maximum Gasteiger partial charge on any atom is 0.276 e. The van der Waals surface area contributed by atoms with Crippen molar-refractivity contribution in [1.29, 1.82) is 0 Å². The first kappa shape index (κ1) is 18.8. The molecule has 2 N–H and O–H groups in total. The molecule has 2 amide bonds. The summed E-state index contributed by atoms with van der Waals surface area (Å²) in [4.78, 5) is 23.3. The monoisotopic (exact) mass is 382 g/mol. The molecule has 0 aromatic heterocycles. The fourth-order valence-corrected chi connectivity index (χ4v) is 2.24. The van der Waals surface area contributed by atoms with E-state index in [1.807, 2.05) is 0 Å². The van der Waals surface area contributed by atoms with Gasteiger partial charge < -0.3 is 4.74 Å². The predicted molar refractivity (Wildman–Crippen MR) is 93.7 cm³/mol. The van der Waals surface area contributed by atoms with Gasteiger partial charge in [0.1, 0.15) is 11.6 Å². The molecule has 0 fully saturated rings. The van der Waals surface area contributed by atoms with Gasteiger partial charge in [0.05, 0.1) is 0 Å². The van der Waals surface area contributed by atoms with E-state index in [1.165, 1.54) is 36.4 Å². The fraction of sp³-hybridized carbons (Fsp3) is 0.0588. The second-order valence-electron chi connectivity index (χ2n) is 4.75. The molecule has 8 heteroatoms. The molecule has 5 nitrogen and oxygen atoms in total. The Hall–Kier alpha value is -2.57. The minimum atomic E-state index is -0.582. The number of halogens is 3. The van der Waals surface area contributed by atoms with Gasteiger partial charge >= 0.3 is 0 Å². The number of carbonyl (C=O) groups excluding carboxylic acids is 2. The van der Waals surface area contributed by atoms with Crippen molar-refractivity contribution < 1.29 is 18.7 Å². The van der Waals surface area contributed by atoms with Gasteiger partial charge in [-0.3, -0.25) is 20.4 Å². The van der Waals surface area contributed by atoms with Gasteiger partial charge in [-0.2, -0.15) is 0 Å². The van der Waals surface area contributed by atoms with Gasteiger partial charge in [0.2, 0.25) is 0 Å². The topological polar surface area (TPSA) is 67.4 Å². The summed E-state index contributed by atoms with van der Waals surface area (Å²) in [6.07, 6.45) is 2.61. The molecule has 0 radical (unpaired) electrons. The maximum atomic E-state index is 12.7. The molecule has 0 atom stereocenters. The van der Waals surface area contributed by atoms with Gasteiger partial charge in [-0.05, 0) is 42.5 Å². The molecule has 0 aliphatic rings. The van der Waals surface area contributed by atoms with Crippen molar-refractivity contribution in [2.45, 2.75) is 0 Å². The normalized spacial score (nSPS) is 10.5. The van der Waals surface area contributed by atoms with Crippen LogP contribution in [0.25, 0.3) is 6.08 Å². The van der Waals surface area contributed by atoms with E-state index in [9.17, 15) is 14.0 Å². The van der Waals surface area contributed by atoms with E-state index in [0.29, 0.717) is 21.4 Å². The number of rotatable bonds is 5. The first-order valence-electron chi connectivity index (χ1n) is 7.05. The second kappa shape index (κ2) is 9.05. The van der Waals surface area contributed by atoms with Crippen molar-refractivity contribution in [2.75, 3.05) is 6.61 Å². The minimum absolute atomic E-state index is 0.330. The van der Waals surface area contributed by atoms with Gasteiger partial charge in [0, 0.05) is 21.7 Å². The zero-order valence-electron chi connectivity index (χ0n) is 12.8. The van der Waals surface area contributed by atoms with Crippen LogP contribution < -0.4 is 15.6 Å². The third-order valence-electron chi connectivity index (χ3n) is 2.91. The van der Waals surface area contributed by atoms with Gasteiger partial charge in [0.15, 0.2) is 6.61 Å². The van der Waals surface area contributed by atoms with Gasteiger partial charge in [-0.15, -0.1) is 0 Å². The Morgan fingerprint density at radius 3 is 2.32 bits per heavy atom. The zero-order valence-corrected chi connectivity index (χ0v) is 14.3. The molecule has 0 bridgehead atoms. The third-order valence-corrected chi connectivity index (χ3v) is 3.57. The van der Waals surface area contributed by atoms with Crippen LogP contribution >= 0.6 is 23.2 Å². The van der Waals surface area contributed by atoms with Gasteiger partial charge in [0.25, 0.3) is 11.8 Å². The number of nitrogens with one attached hydrogen (secondary N) is 2. The maximum absolute atomic E-state index is 12.7. The number of hydrogen-bond donors (Lipinski definition) is 2. The van der Waals surface area contributed by atoms with Crippen LogP contribution in [0.5, 0.6) is 5.75 Å². The van der Waals surface area contributed by atoms with Crippen LogP contribution in [-0.2, 0) is 9.59 Å². The summed E-state index contributed by atoms with van der Waals surface area (Å²) in [7, 11) is 0. The van der Waals surface area contributed by atoms with Crippen LogP contribution in [0.1, 0.15) is 5.56 Å². The van der Waals surface area contributed by atoms with Crippen molar-refractivity contribution in [1.82, 2.24) is 10.9 Å². The Labute approximate surface area is 153 Å². The van der Waals surface area contributed by atoms with E-state index in [4.69, 9.17) is 27.9 Å². The molecule has 2 aromatic carbocycles. The lowest BCUT2D eigenvalue weighted by atomic mass is 10.2. The molecular weight excluding hydrogens is 370 g/mol. The minimum Gasteiger partial charge on any atom is -0.484 e. The molecule has 130 valence electrons. The quantitative estimate of drug-likeness (QED) is 0.615. The molecule has 25 heavy (non-hydrogen) atoms. The second-order valence-corrected chi connectivity index (χ2v) is 5.56. The summed E-state index contributed by atoms with van der Waals surface area (Å²) in [5, 5.41) is 0.793. The highest BCUT2D eigenvalue weighted by molar-refractivity contribution is 6.37. The average Bonchev–Trinajstić information content (AvgIpc) is 2.59. The van der Waals surface area contributed by atoms with Crippen LogP contribution in [0, 0.1) is 5.82 Å². The summed E-state index contributed by atoms with van der Waals surface area (Å²) in [6, 6.07) is 10.1. The molecule has 0 aliphatic carbocycles. The lowest BCUT2D eigenvalue weighted by Gasteiger charge is -2.07. The van der Waals surface area contributed by atoms with Crippen molar-refractivity contribution in [2.24, 2.45) is 0 Å². The van der Waals surface area contributed by atoms with Gasteiger partial charge in [-0.25, -0.2) is 4.39 Å². The highest BCUT2D eigenvalue weighted by atomic mass is 35.5. The zero-order chi connectivity index (χ0) is 18.2. The average molecular weight is 383 g/mol. The van der Waals surface area contributed by atoms with Crippen LogP contribution in [-0.4, -0.2) is 18.4 Å². The van der Waals surface area contributed by atoms with E-state index in [-0.39, 0.29) is 6.61 Å². The van der Waals surface area contributed by atoms with E-state index in [2.05, 4.69) is 10.9 Å². The van der Waals surface area contributed by atoms with Gasteiger partial charge in [-0.1, -0.05) is 29.3 Å². The summed E-state index contributed by atoms with van der Waals surface area (Å²) in [5.41, 5.74) is 4.85. The molecule has 0 saturated heterocycles. The fourth-order valence-electron chi connectivity index (χ4n) is 1.72. The summed E-state index contributed by atoms with van der Waals surface area (Å²) < 4.78 is 17.9. The Bertz CT molecular complexity index is 775. The Balaban J connectivity index is 1.78. The summed E-state index contributed by atoms with van der Waals surface area (Å²) in [6.45, 7) is -0.341. The molecule has 0 saturated carbocycles. The molecule has 0 aliphatic heterocycles. The smallest absolute Gasteiger partial charge is 0.276 e. The number of carbonyl (C=O) groups is 2. The number of hydrogen-bond acceptors (Lipinski definition) is 3. The molecule has 0 unspecified atom stereocenters. The van der Waals surface area contributed by atoms with Crippen molar-refractivity contribution in [3.63, 3.8) is 0 Å². The van der Waals surface area contributed by atoms with Crippen LogP contribution in [0.15, 0.2) is 48.5 Å². The van der Waals surface area contributed by atoms with Crippen molar-refractivity contribution in [3.05, 3.63) is 70.0 Å². The SMILES string of the molecule is O=C(/C=C/c1c(Cl)cccc1Cl)NNC(=O)COc1ccc(F)cc1. The predicted octanol–water partition coefficient (Wildman–Crippen LogP) is 3.37. The molecule has 0 heterocycles. The number of benzene rings is 2. The first-order chi connectivity index (χ1) is 12.0. The lowest BCUT2D eigenvalue weighted by molar-refractivity contribution is -0.128. The third kappa shape index (κ3) is 6.10. The van der Waals surface area contributed by atoms with E-state index < -0.39 is 17.6 Å². The lowest BCUT2D eigenvalue weighted by Crippen LogP contribution is -2.43. The van der Waals surface area contributed by atoms with Crippen LogP contribution in [0.2, 0.25) is 10.0 Å². The summed E-state index contributed by atoms with van der Waals surface area (Å²) >= 11 is 11.9. The van der Waals surface area contributed by atoms with Crippen molar-refractivity contribution in [3.8, 4) is 5.75 Å². The first-order valence-corrected chi connectivity index (χ1v) is 7.80. The van der Waals surface area contributed by atoms with Crippen LogP contribution in [0.4, 0.5) is 4.39 Å². The highest BCUT2D eigenvalue weighted by Gasteiger charge is 2.05. The van der Waals surface area contributed by atoms with Crippen LogP contribution in [0.3, 0.4) is 0 Å².